The summed E-state index contributed by atoms with van der Waals surface area (Å²) < 4.78 is 26.4. The molecule has 0 amide bonds. The van der Waals surface area contributed by atoms with Gasteiger partial charge in [0.05, 0.1) is 4.90 Å². The Morgan fingerprint density at radius 3 is 2.53 bits per heavy atom. The van der Waals surface area contributed by atoms with Gasteiger partial charge in [0.15, 0.2) is 0 Å². The maximum absolute atomic E-state index is 12.0. The highest BCUT2D eigenvalue weighted by Gasteiger charge is 2.17. The molecule has 0 unspecified atom stereocenters. The minimum atomic E-state index is -3.50. The first-order valence-electron chi connectivity index (χ1n) is 5.54. The van der Waals surface area contributed by atoms with Gasteiger partial charge in [-0.2, -0.15) is 0 Å². The van der Waals surface area contributed by atoms with E-state index in [1.165, 1.54) is 13.0 Å². The predicted molar refractivity (Wildman–Crippen MR) is 66.3 cm³/mol. The summed E-state index contributed by atoms with van der Waals surface area (Å²) in [5.74, 6) is -0.0526. The van der Waals surface area contributed by atoms with E-state index >= 15 is 0 Å². The number of Topliss-reactive ketones (excluding diaryl/α,β-unsaturated/α-hetero) is 1. The topological polar surface area (TPSA) is 63.2 Å². The van der Waals surface area contributed by atoms with Crippen LogP contribution in [-0.2, 0) is 21.2 Å². The first-order valence-corrected chi connectivity index (χ1v) is 7.02. The molecule has 1 rings (SSSR count). The van der Waals surface area contributed by atoms with Crippen molar-refractivity contribution in [3.63, 3.8) is 0 Å². The summed E-state index contributed by atoms with van der Waals surface area (Å²) in [7, 11) is -3.50. The highest BCUT2D eigenvalue weighted by molar-refractivity contribution is 7.89. The van der Waals surface area contributed by atoms with Crippen molar-refractivity contribution in [3.05, 3.63) is 29.8 Å². The van der Waals surface area contributed by atoms with Crippen molar-refractivity contribution in [3.8, 4) is 0 Å². The molecule has 0 fully saturated rings. The summed E-state index contributed by atoms with van der Waals surface area (Å²) in [4.78, 5) is 11.3. The first kappa shape index (κ1) is 13.9. The smallest absolute Gasteiger partial charge is 0.240 e. The predicted octanol–water partition coefficient (Wildman–Crippen LogP) is 1.51. The Labute approximate surface area is 102 Å². The van der Waals surface area contributed by atoms with Gasteiger partial charge in [-0.25, -0.2) is 13.1 Å². The second-order valence-electron chi connectivity index (χ2n) is 3.88. The number of sulfonamides is 1. The second kappa shape index (κ2) is 5.93. The molecule has 0 aliphatic rings. The van der Waals surface area contributed by atoms with Crippen LogP contribution in [0.15, 0.2) is 29.2 Å². The first-order chi connectivity index (χ1) is 7.97. The molecule has 5 heteroatoms. The lowest BCUT2D eigenvalue weighted by molar-refractivity contribution is -0.116. The Balaban J connectivity index is 3.08. The highest BCUT2D eigenvalue weighted by atomic mass is 32.2. The van der Waals surface area contributed by atoms with Gasteiger partial charge < -0.3 is 0 Å². The van der Waals surface area contributed by atoms with E-state index < -0.39 is 10.0 Å². The number of hydrogen-bond acceptors (Lipinski definition) is 3. The maximum Gasteiger partial charge on any atom is 0.240 e. The van der Waals surface area contributed by atoms with E-state index in [0.717, 1.165) is 6.42 Å². The van der Waals surface area contributed by atoms with Gasteiger partial charge >= 0.3 is 0 Å². The normalized spacial score (nSPS) is 11.4. The summed E-state index contributed by atoms with van der Waals surface area (Å²) in [6, 6.07) is 6.58. The number of benzene rings is 1. The summed E-state index contributed by atoms with van der Waals surface area (Å²) in [5.41, 5.74) is 0.545. The van der Waals surface area contributed by atoms with Crippen molar-refractivity contribution in [2.75, 3.05) is 6.54 Å². The summed E-state index contributed by atoms with van der Waals surface area (Å²) in [5, 5.41) is 0. The third-order valence-electron chi connectivity index (χ3n) is 2.24. The molecule has 0 aliphatic carbocycles. The van der Waals surface area contributed by atoms with Crippen molar-refractivity contribution >= 4 is 15.8 Å². The summed E-state index contributed by atoms with van der Waals surface area (Å²) in [6.45, 7) is 3.74. The maximum atomic E-state index is 12.0. The molecule has 0 radical (unpaired) electrons. The Morgan fingerprint density at radius 1 is 1.29 bits per heavy atom. The van der Waals surface area contributed by atoms with E-state index in [1.807, 2.05) is 6.92 Å². The van der Waals surface area contributed by atoms with Crippen LogP contribution >= 0.6 is 0 Å². The Kier molecular flexibility index (Phi) is 4.84. The number of carbonyl (C=O) groups is 1. The Bertz CT molecular complexity index is 494. The monoisotopic (exact) mass is 255 g/mol. The molecule has 0 heterocycles. The third-order valence-corrected chi connectivity index (χ3v) is 3.81. The van der Waals surface area contributed by atoms with Gasteiger partial charge in [0, 0.05) is 13.0 Å². The van der Waals surface area contributed by atoms with Crippen LogP contribution in [0.1, 0.15) is 25.8 Å². The van der Waals surface area contributed by atoms with E-state index in [1.54, 1.807) is 18.2 Å². The van der Waals surface area contributed by atoms with E-state index in [0.29, 0.717) is 12.1 Å². The van der Waals surface area contributed by atoms with Crippen LogP contribution in [0.3, 0.4) is 0 Å². The van der Waals surface area contributed by atoms with Gasteiger partial charge in [0.25, 0.3) is 0 Å². The highest BCUT2D eigenvalue weighted by Crippen LogP contribution is 2.16. The fourth-order valence-corrected chi connectivity index (χ4v) is 2.87. The summed E-state index contributed by atoms with van der Waals surface area (Å²) >= 11 is 0. The lowest BCUT2D eigenvalue weighted by Gasteiger charge is -2.09. The van der Waals surface area contributed by atoms with E-state index in [-0.39, 0.29) is 17.1 Å². The number of hydrogen-bond donors (Lipinski definition) is 1. The molecular weight excluding hydrogens is 238 g/mol. The molecule has 17 heavy (non-hydrogen) atoms. The van der Waals surface area contributed by atoms with Gasteiger partial charge in [0.2, 0.25) is 10.0 Å². The Hall–Kier alpha value is -1.20. The van der Waals surface area contributed by atoms with Crippen LogP contribution in [0.4, 0.5) is 0 Å². The molecule has 0 bridgehead atoms. The SMILES string of the molecule is CCCNS(=O)(=O)c1ccccc1CC(C)=O. The lowest BCUT2D eigenvalue weighted by Crippen LogP contribution is -2.25. The van der Waals surface area contributed by atoms with E-state index in [4.69, 9.17) is 0 Å². The van der Waals surface area contributed by atoms with Gasteiger partial charge in [-0.05, 0) is 25.0 Å². The van der Waals surface area contributed by atoms with Crippen molar-refractivity contribution in [1.82, 2.24) is 4.72 Å². The fraction of sp³-hybridized carbons (Fsp3) is 0.417. The largest absolute Gasteiger partial charge is 0.300 e. The second-order valence-corrected chi connectivity index (χ2v) is 5.62. The Morgan fingerprint density at radius 2 is 1.94 bits per heavy atom. The molecule has 0 aliphatic heterocycles. The third kappa shape index (κ3) is 3.94. The number of rotatable bonds is 6. The minimum Gasteiger partial charge on any atom is -0.300 e. The molecular formula is C12H17NO3S. The van der Waals surface area contributed by atoms with Gasteiger partial charge in [-0.3, -0.25) is 4.79 Å². The molecule has 1 aromatic rings. The zero-order valence-electron chi connectivity index (χ0n) is 10.1. The summed E-state index contributed by atoms with van der Waals surface area (Å²) in [6.07, 6.45) is 0.872. The molecule has 1 aromatic carbocycles. The van der Waals surface area contributed by atoms with E-state index in [2.05, 4.69) is 4.72 Å². The molecule has 94 valence electrons. The minimum absolute atomic E-state index is 0.0526. The molecule has 0 aromatic heterocycles. The number of nitrogens with one attached hydrogen (secondary N) is 1. The molecule has 0 spiro atoms. The molecule has 0 saturated carbocycles. The zero-order chi connectivity index (χ0) is 12.9. The van der Waals surface area contributed by atoms with Gasteiger partial charge in [0.1, 0.15) is 5.78 Å². The molecule has 0 saturated heterocycles. The van der Waals surface area contributed by atoms with Crippen molar-refractivity contribution in [1.29, 1.82) is 0 Å². The quantitative estimate of drug-likeness (QED) is 0.838. The van der Waals surface area contributed by atoms with E-state index in [9.17, 15) is 13.2 Å². The standard InChI is InChI=1S/C12H17NO3S/c1-3-8-13-17(15,16)12-7-5-4-6-11(12)9-10(2)14/h4-7,13H,3,8-9H2,1-2H3. The average molecular weight is 255 g/mol. The lowest BCUT2D eigenvalue weighted by atomic mass is 10.1. The van der Waals surface area contributed by atoms with Crippen molar-refractivity contribution in [2.24, 2.45) is 0 Å². The molecule has 4 nitrogen and oxygen atoms in total. The van der Waals surface area contributed by atoms with Crippen LogP contribution in [0.2, 0.25) is 0 Å². The van der Waals surface area contributed by atoms with Crippen LogP contribution in [0.5, 0.6) is 0 Å². The van der Waals surface area contributed by atoms with Crippen molar-refractivity contribution < 1.29 is 13.2 Å². The van der Waals surface area contributed by atoms with Crippen LogP contribution < -0.4 is 4.72 Å². The average Bonchev–Trinajstić information content (AvgIpc) is 2.26. The van der Waals surface area contributed by atoms with Crippen LogP contribution in [0, 0.1) is 0 Å². The molecule has 0 atom stereocenters. The van der Waals surface area contributed by atoms with Crippen LogP contribution in [0.25, 0.3) is 0 Å². The number of carbonyl (C=O) groups excluding carboxylic acids is 1. The fourth-order valence-electron chi connectivity index (χ4n) is 1.49. The zero-order valence-corrected chi connectivity index (χ0v) is 10.9. The van der Waals surface area contributed by atoms with Crippen LogP contribution in [-0.4, -0.2) is 20.7 Å². The van der Waals surface area contributed by atoms with Gasteiger partial charge in [-0.15, -0.1) is 0 Å². The van der Waals surface area contributed by atoms with Gasteiger partial charge in [-0.1, -0.05) is 25.1 Å². The van der Waals surface area contributed by atoms with Crippen molar-refractivity contribution in [2.45, 2.75) is 31.6 Å². The molecule has 1 N–H and O–H groups in total. The number of ketones is 1.